The summed E-state index contributed by atoms with van der Waals surface area (Å²) in [7, 11) is 0. The molecule has 42 valence electrons. The summed E-state index contributed by atoms with van der Waals surface area (Å²) in [5.74, 6) is 0. The Bertz CT molecular complexity index is 279. The third-order valence-electron chi connectivity index (χ3n) is 0.685. The number of rotatable bonds is 0. The first-order valence-corrected chi connectivity index (χ1v) is 2.74. The SMILES string of the molecule is [CH2+][c-]1sc(=O)[nH]c1=O. The Morgan fingerprint density at radius 3 is 2.38 bits per heavy atom. The zero-order valence-electron chi connectivity index (χ0n) is 3.93. The van der Waals surface area contributed by atoms with E-state index in [1.165, 1.54) is 0 Å². The van der Waals surface area contributed by atoms with E-state index in [4.69, 9.17) is 0 Å². The molecule has 8 heavy (non-hydrogen) atoms. The molecule has 0 amide bonds. The first-order valence-electron chi connectivity index (χ1n) is 1.92. The fourth-order valence-corrected chi connectivity index (χ4v) is 0.857. The predicted molar refractivity (Wildman–Crippen MR) is 31.3 cm³/mol. The minimum Gasteiger partial charge on any atom is -0.369 e. The highest BCUT2D eigenvalue weighted by Gasteiger charge is 1.92. The van der Waals surface area contributed by atoms with E-state index in [0.29, 0.717) is 0 Å². The van der Waals surface area contributed by atoms with E-state index in [1.807, 2.05) is 0 Å². The molecule has 1 aromatic heterocycles. The average molecular weight is 129 g/mol. The van der Waals surface area contributed by atoms with Crippen LogP contribution >= 0.6 is 11.3 Å². The molecule has 0 saturated carbocycles. The van der Waals surface area contributed by atoms with Crippen LogP contribution in [0.2, 0.25) is 0 Å². The van der Waals surface area contributed by atoms with Crippen molar-refractivity contribution in [2.24, 2.45) is 0 Å². The molecule has 0 spiro atoms. The highest BCUT2D eigenvalue weighted by atomic mass is 32.1. The summed E-state index contributed by atoms with van der Waals surface area (Å²) in [5.41, 5.74) is -0.375. The van der Waals surface area contributed by atoms with E-state index in [1.54, 1.807) is 0 Å². The molecule has 1 rings (SSSR count). The Morgan fingerprint density at radius 1 is 1.62 bits per heavy atom. The molecule has 4 heteroatoms. The summed E-state index contributed by atoms with van der Waals surface area (Å²) < 4.78 is 0. The van der Waals surface area contributed by atoms with E-state index >= 15 is 0 Å². The number of H-pyrrole nitrogens is 1. The van der Waals surface area contributed by atoms with Crippen molar-refractivity contribution in [2.75, 3.05) is 0 Å². The molecule has 0 bridgehead atoms. The van der Waals surface area contributed by atoms with Gasteiger partial charge >= 0.3 is 5.56 Å². The van der Waals surface area contributed by atoms with Gasteiger partial charge in [-0.05, 0) is 6.92 Å². The van der Waals surface area contributed by atoms with Gasteiger partial charge in [-0.3, -0.25) is 4.98 Å². The van der Waals surface area contributed by atoms with Crippen LogP contribution in [-0.4, -0.2) is 4.98 Å². The van der Waals surface area contributed by atoms with Gasteiger partial charge in [0.1, 0.15) is 4.88 Å². The summed E-state index contributed by atoms with van der Waals surface area (Å²) in [6, 6.07) is 0. The lowest BCUT2D eigenvalue weighted by atomic mass is 10.6. The van der Waals surface area contributed by atoms with Gasteiger partial charge in [0.25, 0.3) is 0 Å². The lowest BCUT2D eigenvalue weighted by Crippen LogP contribution is -2.06. The van der Waals surface area contributed by atoms with Crippen LogP contribution in [0.4, 0.5) is 0 Å². The number of aromatic nitrogens is 1. The van der Waals surface area contributed by atoms with Crippen LogP contribution in [-0.2, 0) is 0 Å². The van der Waals surface area contributed by atoms with Gasteiger partial charge < -0.3 is 4.79 Å². The van der Waals surface area contributed by atoms with Crippen LogP contribution < -0.4 is 10.4 Å². The second-order valence-corrected chi connectivity index (χ2v) is 2.33. The molecule has 0 aliphatic heterocycles. The number of hydrogen-bond donors (Lipinski definition) is 1. The van der Waals surface area contributed by atoms with E-state index in [0.717, 1.165) is 11.3 Å². The van der Waals surface area contributed by atoms with Crippen LogP contribution in [0.5, 0.6) is 0 Å². The van der Waals surface area contributed by atoms with E-state index in [9.17, 15) is 9.59 Å². The van der Waals surface area contributed by atoms with Gasteiger partial charge in [0.15, 0.2) is 4.87 Å². The van der Waals surface area contributed by atoms with Crippen LogP contribution in [0, 0.1) is 6.92 Å². The molecule has 0 atom stereocenters. The standard InChI is InChI=1S/C4H3NO2S/c1-2-3(6)5-4(7)8-2/h1H2,(H,5,6,7). The van der Waals surface area contributed by atoms with E-state index in [2.05, 4.69) is 11.9 Å². The molecule has 0 radical (unpaired) electrons. The first kappa shape index (κ1) is 5.24. The van der Waals surface area contributed by atoms with Gasteiger partial charge in [-0.1, -0.05) is 0 Å². The van der Waals surface area contributed by atoms with Crippen molar-refractivity contribution in [3.05, 3.63) is 31.8 Å². The van der Waals surface area contributed by atoms with Crippen molar-refractivity contribution >= 4 is 11.3 Å². The summed E-state index contributed by atoms with van der Waals surface area (Å²) in [6.07, 6.45) is 0. The molecule has 0 fully saturated rings. The van der Waals surface area contributed by atoms with Crippen molar-refractivity contribution in [1.29, 1.82) is 0 Å². The second kappa shape index (κ2) is 1.56. The minimum absolute atomic E-state index is 0.273. The molecule has 0 aliphatic rings. The summed E-state index contributed by atoms with van der Waals surface area (Å²) in [6.45, 7) is 3.32. The maximum absolute atomic E-state index is 10.3. The monoisotopic (exact) mass is 129 g/mol. The van der Waals surface area contributed by atoms with Gasteiger partial charge in [0, 0.05) is 0 Å². The van der Waals surface area contributed by atoms with Crippen molar-refractivity contribution < 1.29 is 0 Å². The molecule has 0 aromatic carbocycles. The molecule has 0 unspecified atom stereocenters. The van der Waals surface area contributed by atoms with Crippen LogP contribution in [0.3, 0.4) is 0 Å². The zero-order valence-corrected chi connectivity index (χ0v) is 4.75. The Labute approximate surface area is 49.0 Å². The minimum atomic E-state index is -0.375. The van der Waals surface area contributed by atoms with E-state index in [-0.39, 0.29) is 15.3 Å². The normalized spacial score (nSPS) is 9.50. The largest absolute Gasteiger partial charge is 0.369 e. The smallest absolute Gasteiger partial charge is 0.313 e. The molecular formula is C4H3NO2S. The van der Waals surface area contributed by atoms with Crippen molar-refractivity contribution in [2.45, 2.75) is 0 Å². The maximum Gasteiger partial charge on any atom is 0.313 e. The van der Waals surface area contributed by atoms with Gasteiger partial charge in [-0.25, -0.2) is 11.3 Å². The third-order valence-corrected chi connectivity index (χ3v) is 1.40. The molecular weight excluding hydrogens is 126 g/mol. The Balaban J connectivity index is 3.59. The van der Waals surface area contributed by atoms with Crippen molar-refractivity contribution in [3.63, 3.8) is 0 Å². The predicted octanol–water partition coefficient (Wildman–Crippen LogP) is -0.302. The van der Waals surface area contributed by atoms with Crippen LogP contribution in [0.15, 0.2) is 9.59 Å². The fourth-order valence-electron chi connectivity index (χ4n) is 0.346. The number of thiazole rings is 1. The summed E-state index contributed by atoms with van der Waals surface area (Å²) in [5, 5.41) is 0. The number of hydrogen-bond acceptors (Lipinski definition) is 3. The lowest BCUT2D eigenvalue weighted by molar-refractivity contribution is 1.25. The highest BCUT2D eigenvalue weighted by molar-refractivity contribution is 7.09. The molecule has 1 heterocycles. The second-order valence-electron chi connectivity index (χ2n) is 1.27. The number of nitrogens with one attached hydrogen (secondary N) is 1. The molecule has 0 saturated heterocycles. The van der Waals surface area contributed by atoms with Gasteiger partial charge in [0.2, 0.25) is 0 Å². The van der Waals surface area contributed by atoms with Crippen LogP contribution in [0.1, 0.15) is 4.88 Å². The average Bonchev–Trinajstić information content (AvgIpc) is 1.85. The fraction of sp³-hybridized carbons (Fsp3) is 0. The number of aromatic amines is 1. The first-order chi connectivity index (χ1) is 3.70. The van der Waals surface area contributed by atoms with E-state index < -0.39 is 0 Å². The quantitative estimate of drug-likeness (QED) is 0.489. The molecule has 1 N–H and O–H groups in total. The Hall–Kier alpha value is -0.900. The van der Waals surface area contributed by atoms with Crippen LogP contribution in [0.25, 0.3) is 0 Å². The molecule has 0 aliphatic carbocycles. The summed E-state index contributed by atoms with van der Waals surface area (Å²) in [4.78, 5) is 22.6. The van der Waals surface area contributed by atoms with Crippen molar-refractivity contribution in [1.82, 2.24) is 4.98 Å². The third kappa shape index (κ3) is 0.696. The van der Waals surface area contributed by atoms with Gasteiger partial charge in [-0.15, -0.1) is 0 Å². The van der Waals surface area contributed by atoms with Gasteiger partial charge in [-0.2, -0.15) is 4.79 Å². The van der Waals surface area contributed by atoms with Crippen molar-refractivity contribution in [3.8, 4) is 0 Å². The topological polar surface area (TPSA) is 49.9 Å². The highest BCUT2D eigenvalue weighted by Crippen LogP contribution is 1.86. The zero-order chi connectivity index (χ0) is 6.15. The molecule has 1 aromatic rings. The maximum atomic E-state index is 10.3. The summed E-state index contributed by atoms with van der Waals surface area (Å²) >= 11 is 0.834. The van der Waals surface area contributed by atoms with Gasteiger partial charge in [0.05, 0.1) is 0 Å². The molecule has 3 nitrogen and oxygen atoms in total. The Morgan fingerprint density at radius 2 is 2.25 bits per heavy atom. The Kier molecular flexibility index (Phi) is 1.02. The lowest BCUT2D eigenvalue weighted by Gasteiger charge is -1.64.